The number of nitrogen functional groups attached to an aromatic ring is 1. The molecule has 1 aliphatic carbocycles. The minimum Gasteiger partial charge on any atom is -0.397 e. The smallest absolute Gasteiger partial charge is 0.236 e. The Morgan fingerprint density at radius 2 is 2.05 bits per heavy atom. The highest BCUT2D eigenvalue weighted by Crippen LogP contribution is 2.25. The molecule has 1 aromatic heterocycles. The number of hydrogen-bond donors (Lipinski definition) is 1. The molecule has 0 spiro atoms. The number of amides is 1. The average molecular weight is 289 g/mol. The number of hydrogen-bond acceptors (Lipinski definition) is 5. The maximum atomic E-state index is 12.1. The van der Waals surface area contributed by atoms with Crippen molar-refractivity contribution < 1.29 is 4.79 Å². The first-order valence-corrected chi connectivity index (χ1v) is 7.58. The lowest BCUT2D eigenvalue weighted by Crippen LogP contribution is -2.50. The number of nitrogens with two attached hydrogens (primary N) is 1. The molecule has 6 nitrogen and oxygen atoms in total. The summed E-state index contributed by atoms with van der Waals surface area (Å²) >= 11 is 0. The number of carbonyl (C=O) groups excluding carboxylic acids is 1. The van der Waals surface area contributed by atoms with Crippen molar-refractivity contribution in [2.75, 3.05) is 50.4 Å². The van der Waals surface area contributed by atoms with Crippen molar-refractivity contribution in [1.29, 1.82) is 0 Å². The van der Waals surface area contributed by atoms with E-state index in [2.05, 4.69) is 14.8 Å². The van der Waals surface area contributed by atoms with Gasteiger partial charge in [-0.3, -0.25) is 9.69 Å². The van der Waals surface area contributed by atoms with Gasteiger partial charge in [0.1, 0.15) is 5.82 Å². The van der Waals surface area contributed by atoms with Gasteiger partial charge in [-0.25, -0.2) is 4.98 Å². The van der Waals surface area contributed by atoms with Crippen molar-refractivity contribution >= 4 is 17.4 Å². The number of likely N-dealkylation sites (N-methyl/N-ethyl adjacent to an activating group) is 1. The van der Waals surface area contributed by atoms with Crippen molar-refractivity contribution in [3.8, 4) is 0 Å². The van der Waals surface area contributed by atoms with Gasteiger partial charge in [-0.2, -0.15) is 0 Å². The molecule has 2 heterocycles. The standard InChI is InChI=1S/C15H23N5O/c1-18(13-3-4-13)15(21)11-19-6-8-20(9-7-19)14-5-2-12(16)10-17-14/h2,5,10,13H,3-4,6-9,11,16H2,1H3. The van der Waals surface area contributed by atoms with Gasteiger partial charge in [-0.15, -0.1) is 0 Å². The van der Waals surface area contributed by atoms with E-state index in [1.807, 2.05) is 24.1 Å². The van der Waals surface area contributed by atoms with Crippen molar-refractivity contribution in [1.82, 2.24) is 14.8 Å². The van der Waals surface area contributed by atoms with E-state index in [1.165, 1.54) is 12.8 Å². The van der Waals surface area contributed by atoms with E-state index in [0.29, 0.717) is 18.3 Å². The van der Waals surface area contributed by atoms with Crippen LogP contribution in [0, 0.1) is 0 Å². The van der Waals surface area contributed by atoms with Crippen LogP contribution < -0.4 is 10.6 Å². The molecule has 0 aromatic carbocycles. The Labute approximate surface area is 125 Å². The minimum absolute atomic E-state index is 0.247. The lowest BCUT2D eigenvalue weighted by atomic mass is 10.3. The number of aromatic nitrogens is 1. The molecule has 0 atom stereocenters. The normalized spacial score (nSPS) is 19.6. The van der Waals surface area contributed by atoms with Gasteiger partial charge in [0.15, 0.2) is 0 Å². The van der Waals surface area contributed by atoms with Gasteiger partial charge in [-0.05, 0) is 25.0 Å². The van der Waals surface area contributed by atoms with Crippen LogP contribution in [0.15, 0.2) is 18.3 Å². The fourth-order valence-electron chi connectivity index (χ4n) is 2.69. The number of piperazine rings is 1. The summed E-state index contributed by atoms with van der Waals surface area (Å²) in [6.07, 6.45) is 4.02. The van der Waals surface area contributed by atoms with Crippen molar-refractivity contribution in [2.45, 2.75) is 18.9 Å². The molecule has 3 rings (SSSR count). The van der Waals surface area contributed by atoms with Crippen LogP contribution in [0.4, 0.5) is 11.5 Å². The summed E-state index contributed by atoms with van der Waals surface area (Å²) in [7, 11) is 1.93. The zero-order valence-electron chi connectivity index (χ0n) is 12.5. The summed E-state index contributed by atoms with van der Waals surface area (Å²) in [5, 5.41) is 0. The van der Waals surface area contributed by atoms with Crippen LogP contribution in [-0.2, 0) is 4.79 Å². The van der Waals surface area contributed by atoms with Crippen LogP contribution >= 0.6 is 0 Å². The third-order valence-corrected chi connectivity index (χ3v) is 4.31. The molecule has 1 aromatic rings. The average Bonchev–Trinajstić information content (AvgIpc) is 3.33. The maximum Gasteiger partial charge on any atom is 0.236 e. The fraction of sp³-hybridized carbons (Fsp3) is 0.600. The lowest BCUT2D eigenvalue weighted by molar-refractivity contribution is -0.131. The van der Waals surface area contributed by atoms with E-state index in [4.69, 9.17) is 5.73 Å². The zero-order valence-corrected chi connectivity index (χ0v) is 12.5. The molecule has 6 heteroatoms. The van der Waals surface area contributed by atoms with Crippen LogP contribution in [0.2, 0.25) is 0 Å². The third kappa shape index (κ3) is 3.44. The number of anilines is 2. The predicted octanol–water partition coefficient (Wildman–Crippen LogP) is 0.407. The molecule has 1 saturated heterocycles. The van der Waals surface area contributed by atoms with Gasteiger partial charge in [0.25, 0.3) is 0 Å². The number of rotatable bonds is 4. The largest absolute Gasteiger partial charge is 0.397 e. The van der Waals surface area contributed by atoms with Crippen molar-refractivity contribution in [2.24, 2.45) is 0 Å². The highest BCUT2D eigenvalue weighted by atomic mass is 16.2. The van der Waals surface area contributed by atoms with Gasteiger partial charge in [0.05, 0.1) is 18.4 Å². The molecule has 114 valence electrons. The summed E-state index contributed by atoms with van der Waals surface area (Å²) in [5.41, 5.74) is 6.35. The predicted molar refractivity (Wildman–Crippen MR) is 83.1 cm³/mol. The molecule has 1 aliphatic heterocycles. The Balaban J connectivity index is 1.48. The van der Waals surface area contributed by atoms with Gasteiger partial charge < -0.3 is 15.5 Å². The van der Waals surface area contributed by atoms with Crippen LogP contribution in [-0.4, -0.2) is 66.5 Å². The Morgan fingerprint density at radius 3 is 2.62 bits per heavy atom. The van der Waals surface area contributed by atoms with Gasteiger partial charge >= 0.3 is 0 Å². The topological polar surface area (TPSA) is 65.7 Å². The number of nitrogens with zero attached hydrogens (tertiary/aromatic N) is 4. The van der Waals surface area contributed by atoms with Crippen molar-refractivity contribution in [3.05, 3.63) is 18.3 Å². The molecule has 0 bridgehead atoms. The first-order valence-electron chi connectivity index (χ1n) is 7.58. The SMILES string of the molecule is CN(C(=O)CN1CCN(c2ccc(N)cn2)CC1)C1CC1. The van der Waals surface area contributed by atoms with E-state index in [9.17, 15) is 4.79 Å². The minimum atomic E-state index is 0.247. The second kappa shape index (κ2) is 5.89. The molecule has 2 fully saturated rings. The van der Waals surface area contributed by atoms with Crippen LogP contribution in [0.25, 0.3) is 0 Å². The van der Waals surface area contributed by atoms with Crippen LogP contribution in [0.3, 0.4) is 0 Å². The van der Waals surface area contributed by atoms with Crippen molar-refractivity contribution in [3.63, 3.8) is 0 Å². The maximum absolute atomic E-state index is 12.1. The van der Waals surface area contributed by atoms with E-state index >= 15 is 0 Å². The first kappa shape index (κ1) is 14.1. The Bertz CT molecular complexity index is 491. The summed E-state index contributed by atoms with van der Waals surface area (Å²) in [4.78, 5) is 22.9. The molecular weight excluding hydrogens is 266 g/mol. The molecule has 1 saturated carbocycles. The fourth-order valence-corrected chi connectivity index (χ4v) is 2.69. The zero-order chi connectivity index (χ0) is 14.8. The van der Waals surface area contributed by atoms with Crippen LogP contribution in [0.5, 0.6) is 0 Å². The lowest BCUT2D eigenvalue weighted by Gasteiger charge is -2.35. The quantitative estimate of drug-likeness (QED) is 0.869. The molecular formula is C15H23N5O. The summed E-state index contributed by atoms with van der Waals surface area (Å²) in [5.74, 6) is 1.21. The highest BCUT2D eigenvalue weighted by Gasteiger charge is 2.30. The molecule has 2 aliphatic rings. The molecule has 1 amide bonds. The summed E-state index contributed by atoms with van der Waals surface area (Å²) in [6.45, 7) is 4.14. The van der Waals surface area contributed by atoms with E-state index in [-0.39, 0.29) is 5.91 Å². The van der Waals surface area contributed by atoms with Crippen LogP contribution in [0.1, 0.15) is 12.8 Å². The van der Waals surface area contributed by atoms with Gasteiger partial charge in [-0.1, -0.05) is 0 Å². The second-order valence-corrected chi connectivity index (χ2v) is 5.95. The molecule has 0 unspecified atom stereocenters. The Hall–Kier alpha value is -1.82. The van der Waals surface area contributed by atoms with E-state index in [1.54, 1.807) is 6.20 Å². The monoisotopic (exact) mass is 289 g/mol. The molecule has 2 N–H and O–H groups in total. The summed E-state index contributed by atoms with van der Waals surface area (Å²) < 4.78 is 0. The second-order valence-electron chi connectivity index (χ2n) is 5.95. The Kier molecular flexibility index (Phi) is 3.96. The molecule has 21 heavy (non-hydrogen) atoms. The summed E-state index contributed by atoms with van der Waals surface area (Å²) in [6, 6.07) is 4.33. The van der Waals surface area contributed by atoms with E-state index < -0.39 is 0 Å². The van der Waals surface area contributed by atoms with Gasteiger partial charge in [0, 0.05) is 39.3 Å². The van der Waals surface area contributed by atoms with E-state index in [0.717, 1.165) is 32.0 Å². The molecule has 0 radical (unpaired) electrons. The first-order chi connectivity index (χ1) is 10.1. The Morgan fingerprint density at radius 1 is 1.33 bits per heavy atom. The number of carbonyl (C=O) groups is 1. The van der Waals surface area contributed by atoms with Gasteiger partial charge in [0.2, 0.25) is 5.91 Å². The number of pyridine rings is 1. The highest BCUT2D eigenvalue weighted by molar-refractivity contribution is 5.78. The third-order valence-electron chi connectivity index (χ3n) is 4.31.